The van der Waals surface area contributed by atoms with Crippen molar-refractivity contribution in [2.24, 2.45) is 0 Å². The molecule has 2 aromatic heterocycles. The SMILES string of the molecule is O=C(Cn1nc2c(cc1=O)CCCCC2)NCCc1nc2ccccc2[nH]1. The molecular weight excluding hydrogens is 342 g/mol. The van der Waals surface area contributed by atoms with Crippen molar-refractivity contribution in [3.8, 4) is 0 Å². The first-order chi connectivity index (χ1) is 13.2. The van der Waals surface area contributed by atoms with Gasteiger partial charge in [0.1, 0.15) is 12.4 Å². The summed E-state index contributed by atoms with van der Waals surface area (Å²) in [6.07, 6.45) is 5.73. The lowest BCUT2D eigenvalue weighted by molar-refractivity contribution is -0.121. The van der Waals surface area contributed by atoms with E-state index in [4.69, 9.17) is 0 Å². The van der Waals surface area contributed by atoms with Crippen molar-refractivity contribution in [1.82, 2.24) is 25.1 Å². The molecule has 0 atom stereocenters. The first kappa shape index (κ1) is 17.5. The highest BCUT2D eigenvalue weighted by molar-refractivity contribution is 5.76. The van der Waals surface area contributed by atoms with Gasteiger partial charge in [0.2, 0.25) is 5.91 Å². The van der Waals surface area contributed by atoms with Crippen LogP contribution < -0.4 is 10.9 Å². The summed E-state index contributed by atoms with van der Waals surface area (Å²) in [6.45, 7) is 0.407. The zero-order valence-electron chi connectivity index (χ0n) is 15.2. The largest absolute Gasteiger partial charge is 0.354 e. The number of fused-ring (bicyclic) bond motifs is 2. The number of nitrogens with zero attached hydrogens (tertiary/aromatic N) is 3. The predicted octanol–water partition coefficient (Wildman–Crippen LogP) is 1.75. The first-order valence-electron chi connectivity index (χ1n) is 9.49. The maximum Gasteiger partial charge on any atom is 0.267 e. The van der Waals surface area contributed by atoms with Crippen molar-refractivity contribution in [2.75, 3.05) is 6.54 Å². The number of nitrogens with one attached hydrogen (secondary N) is 2. The Hall–Kier alpha value is -2.96. The topological polar surface area (TPSA) is 92.7 Å². The molecule has 0 fully saturated rings. The fourth-order valence-electron chi connectivity index (χ4n) is 3.53. The third-order valence-electron chi connectivity index (χ3n) is 4.94. The molecule has 7 heteroatoms. The number of imidazole rings is 1. The highest BCUT2D eigenvalue weighted by atomic mass is 16.2. The molecule has 3 aromatic rings. The number of amides is 1. The molecule has 1 aromatic carbocycles. The van der Waals surface area contributed by atoms with Crippen LogP contribution >= 0.6 is 0 Å². The molecule has 0 unspecified atom stereocenters. The van der Waals surface area contributed by atoms with Gasteiger partial charge in [-0.2, -0.15) is 5.10 Å². The monoisotopic (exact) mass is 365 g/mol. The average Bonchev–Trinajstić information content (AvgIpc) is 2.93. The van der Waals surface area contributed by atoms with Gasteiger partial charge in [0.05, 0.1) is 16.7 Å². The second kappa shape index (κ2) is 7.73. The number of rotatable bonds is 5. The van der Waals surface area contributed by atoms with Gasteiger partial charge in [0.25, 0.3) is 5.56 Å². The normalized spacial score (nSPS) is 13.9. The Labute approximate surface area is 156 Å². The highest BCUT2D eigenvalue weighted by Gasteiger charge is 2.14. The second-order valence-electron chi connectivity index (χ2n) is 6.97. The third-order valence-corrected chi connectivity index (χ3v) is 4.94. The molecule has 2 N–H and O–H groups in total. The Morgan fingerprint density at radius 3 is 2.93 bits per heavy atom. The minimum absolute atomic E-state index is 0.0494. The Balaban J connectivity index is 1.35. The zero-order chi connectivity index (χ0) is 18.6. The number of carbonyl (C=O) groups is 1. The fourth-order valence-corrected chi connectivity index (χ4v) is 3.53. The number of H-pyrrole nitrogens is 1. The number of aryl methyl sites for hydroxylation is 2. The van der Waals surface area contributed by atoms with Crippen LogP contribution in [-0.2, 0) is 30.6 Å². The maximum atomic E-state index is 12.2. The van der Waals surface area contributed by atoms with Crippen molar-refractivity contribution in [3.05, 3.63) is 57.8 Å². The molecule has 1 aliphatic rings. The summed E-state index contributed by atoms with van der Waals surface area (Å²) in [5.41, 5.74) is 3.70. The van der Waals surface area contributed by atoms with Gasteiger partial charge in [0.15, 0.2) is 0 Å². The molecule has 140 valence electrons. The molecule has 0 spiro atoms. The molecule has 7 nitrogen and oxygen atoms in total. The van der Waals surface area contributed by atoms with Gasteiger partial charge in [-0.1, -0.05) is 18.6 Å². The Kier molecular flexibility index (Phi) is 5.00. The Morgan fingerprint density at radius 1 is 1.19 bits per heavy atom. The van der Waals surface area contributed by atoms with Crippen LogP contribution in [0.1, 0.15) is 36.3 Å². The lowest BCUT2D eigenvalue weighted by atomic mass is 10.1. The van der Waals surface area contributed by atoms with Gasteiger partial charge in [0, 0.05) is 19.0 Å². The summed E-state index contributed by atoms with van der Waals surface area (Å²) in [5.74, 6) is 0.617. The van der Waals surface area contributed by atoms with E-state index < -0.39 is 0 Å². The smallest absolute Gasteiger partial charge is 0.267 e. The number of para-hydroxylation sites is 2. The third kappa shape index (κ3) is 4.07. The van der Waals surface area contributed by atoms with Crippen molar-refractivity contribution < 1.29 is 4.79 Å². The lowest BCUT2D eigenvalue weighted by Gasteiger charge is -2.10. The summed E-state index contributed by atoms with van der Waals surface area (Å²) < 4.78 is 1.28. The van der Waals surface area contributed by atoms with E-state index in [2.05, 4.69) is 20.4 Å². The number of hydrogen-bond acceptors (Lipinski definition) is 4. The van der Waals surface area contributed by atoms with Crippen molar-refractivity contribution >= 4 is 16.9 Å². The minimum Gasteiger partial charge on any atom is -0.354 e. The first-order valence-corrected chi connectivity index (χ1v) is 9.49. The van der Waals surface area contributed by atoms with E-state index in [1.807, 2.05) is 24.3 Å². The molecule has 1 aliphatic carbocycles. The predicted molar refractivity (Wildman–Crippen MR) is 103 cm³/mol. The van der Waals surface area contributed by atoms with Crippen molar-refractivity contribution in [3.63, 3.8) is 0 Å². The second-order valence-corrected chi connectivity index (χ2v) is 6.97. The van der Waals surface area contributed by atoms with Crippen molar-refractivity contribution in [1.29, 1.82) is 0 Å². The molecule has 2 heterocycles. The standard InChI is InChI=1S/C20H23N5O2/c26-19(21-11-10-18-22-16-8-4-5-9-17(16)23-18)13-25-20(27)12-14-6-2-1-3-7-15(14)24-25/h4-5,8-9,12H,1-3,6-7,10-11,13H2,(H,21,26)(H,22,23). The summed E-state index contributed by atoms with van der Waals surface area (Å²) in [6, 6.07) is 9.47. The van der Waals surface area contributed by atoms with Crippen LogP contribution in [0.5, 0.6) is 0 Å². The minimum atomic E-state index is -0.214. The molecule has 0 radical (unpaired) electrons. The van der Waals surface area contributed by atoms with Crippen LogP contribution in [0.4, 0.5) is 0 Å². The van der Waals surface area contributed by atoms with Gasteiger partial charge >= 0.3 is 0 Å². The molecule has 1 amide bonds. The van der Waals surface area contributed by atoms with Gasteiger partial charge in [-0.3, -0.25) is 9.59 Å². The van der Waals surface area contributed by atoms with Crippen LogP contribution in [0.2, 0.25) is 0 Å². The summed E-state index contributed by atoms with van der Waals surface area (Å²) in [7, 11) is 0. The Morgan fingerprint density at radius 2 is 2.04 bits per heavy atom. The van der Waals surface area contributed by atoms with Crippen molar-refractivity contribution in [2.45, 2.75) is 45.1 Å². The number of hydrogen-bond donors (Lipinski definition) is 2. The molecule has 27 heavy (non-hydrogen) atoms. The number of benzene rings is 1. The van der Waals surface area contributed by atoms with Crippen LogP contribution in [0, 0.1) is 0 Å². The van der Waals surface area contributed by atoms with Gasteiger partial charge in [-0.25, -0.2) is 9.67 Å². The number of carbonyl (C=O) groups excluding carboxylic acids is 1. The van der Waals surface area contributed by atoms with E-state index in [0.29, 0.717) is 13.0 Å². The number of aromatic amines is 1. The molecule has 0 bridgehead atoms. The molecular formula is C20H23N5O2. The summed E-state index contributed by atoms with van der Waals surface area (Å²) in [4.78, 5) is 32.2. The van der Waals surface area contributed by atoms with E-state index in [9.17, 15) is 9.59 Å². The highest BCUT2D eigenvalue weighted by Crippen LogP contribution is 2.16. The van der Waals surface area contributed by atoms with Crippen LogP contribution in [0.3, 0.4) is 0 Å². The van der Waals surface area contributed by atoms with Gasteiger partial charge in [-0.15, -0.1) is 0 Å². The van der Waals surface area contributed by atoms with E-state index in [-0.39, 0.29) is 18.0 Å². The zero-order valence-corrected chi connectivity index (χ0v) is 15.2. The van der Waals surface area contributed by atoms with Crippen LogP contribution in [0.15, 0.2) is 35.1 Å². The van der Waals surface area contributed by atoms with E-state index in [1.165, 1.54) is 4.68 Å². The number of aromatic nitrogens is 4. The molecule has 0 saturated heterocycles. The van der Waals surface area contributed by atoms with Gasteiger partial charge < -0.3 is 10.3 Å². The molecule has 4 rings (SSSR count). The van der Waals surface area contributed by atoms with E-state index in [0.717, 1.165) is 60.2 Å². The quantitative estimate of drug-likeness (QED) is 0.674. The Bertz CT molecular complexity index is 988. The fraction of sp³-hybridized carbons (Fsp3) is 0.400. The van der Waals surface area contributed by atoms with E-state index in [1.54, 1.807) is 6.07 Å². The molecule has 0 aliphatic heterocycles. The van der Waals surface area contributed by atoms with E-state index >= 15 is 0 Å². The summed E-state index contributed by atoms with van der Waals surface area (Å²) in [5, 5.41) is 7.28. The van der Waals surface area contributed by atoms with Crippen LogP contribution in [0.25, 0.3) is 11.0 Å². The van der Waals surface area contributed by atoms with Gasteiger partial charge in [-0.05, 0) is 43.4 Å². The van der Waals surface area contributed by atoms with Crippen LogP contribution in [-0.4, -0.2) is 32.2 Å². The lowest BCUT2D eigenvalue weighted by Crippen LogP contribution is -2.35. The summed E-state index contributed by atoms with van der Waals surface area (Å²) >= 11 is 0. The molecule has 0 saturated carbocycles. The maximum absolute atomic E-state index is 12.2. The average molecular weight is 365 g/mol.